The maximum Gasteiger partial charge on any atom is 0.352 e. The van der Waals surface area contributed by atoms with Gasteiger partial charge in [-0.3, -0.25) is 0 Å². The molecule has 1 aromatic heterocycles. The summed E-state index contributed by atoms with van der Waals surface area (Å²) in [6.07, 6.45) is 2.60. The molecule has 0 N–H and O–H groups in total. The third-order valence-electron chi connectivity index (χ3n) is 5.28. The zero-order valence-corrected chi connectivity index (χ0v) is 16.7. The first-order valence-corrected chi connectivity index (χ1v) is 10.1. The molecule has 0 saturated heterocycles. The van der Waals surface area contributed by atoms with E-state index in [0.717, 1.165) is 41.3 Å². The van der Waals surface area contributed by atoms with Crippen LogP contribution in [0.3, 0.4) is 0 Å². The predicted octanol–water partition coefficient (Wildman–Crippen LogP) is 4.66. The first kappa shape index (κ1) is 19.2. The zero-order valence-electron chi connectivity index (χ0n) is 16.7. The molecule has 1 heterocycles. The molecule has 0 spiro atoms. The van der Waals surface area contributed by atoms with Gasteiger partial charge in [-0.05, 0) is 62.8 Å². The minimum atomic E-state index is -0.896. The molecule has 0 unspecified atom stereocenters. The van der Waals surface area contributed by atoms with Crippen LogP contribution < -0.4 is 10.4 Å². The number of hydrogen-bond acceptors (Lipinski definition) is 5. The van der Waals surface area contributed by atoms with Crippen molar-refractivity contribution in [1.82, 2.24) is 0 Å². The number of ether oxygens (including phenoxy) is 2. The fourth-order valence-electron chi connectivity index (χ4n) is 3.98. The van der Waals surface area contributed by atoms with Crippen LogP contribution in [0.1, 0.15) is 48.1 Å². The van der Waals surface area contributed by atoms with Crippen molar-refractivity contribution >= 4 is 16.9 Å². The van der Waals surface area contributed by atoms with Crippen molar-refractivity contribution in [2.75, 3.05) is 6.61 Å². The molecule has 2 aromatic carbocycles. The molecule has 0 aliphatic heterocycles. The van der Waals surface area contributed by atoms with Crippen molar-refractivity contribution in [3.63, 3.8) is 0 Å². The Kier molecular flexibility index (Phi) is 5.38. The summed E-state index contributed by atoms with van der Waals surface area (Å²) in [5.74, 6) is 0.100. The summed E-state index contributed by atoms with van der Waals surface area (Å²) < 4.78 is 17.2. The number of benzene rings is 2. The summed E-state index contributed by atoms with van der Waals surface area (Å²) in [5, 5.41) is 0.787. The normalized spacial score (nSPS) is 14.3. The molecule has 5 nitrogen and oxygen atoms in total. The van der Waals surface area contributed by atoms with E-state index in [1.807, 2.05) is 49.4 Å². The molecule has 4 rings (SSSR count). The van der Waals surface area contributed by atoms with Gasteiger partial charge >= 0.3 is 11.6 Å². The van der Waals surface area contributed by atoms with Crippen molar-refractivity contribution in [2.45, 2.75) is 45.6 Å². The minimum absolute atomic E-state index is 0.268. The second-order valence-electron chi connectivity index (χ2n) is 7.35. The Hall–Kier alpha value is -3.08. The number of hydrogen-bond donors (Lipinski definition) is 0. The van der Waals surface area contributed by atoms with Gasteiger partial charge in [-0.1, -0.05) is 30.3 Å². The summed E-state index contributed by atoms with van der Waals surface area (Å²) in [6.45, 7) is 3.95. The van der Waals surface area contributed by atoms with Gasteiger partial charge in [0.2, 0.25) is 6.10 Å². The smallest absolute Gasteiger partial charge is 0.352 e. The molecule has 0 bridgehead atoms. The summed E-state index contributed by atoms with van der Waals surface area (Å²) in [7, 11) is 0. The summed E-state index contributed by atoms with van der Waals surface area (Å²) in [5.41, 5.74) is 3.54. The fourth-order valence-corrected chi connectivity index (χ4v) is 3.98. The number of aryl methyl sites for hydroxylation is 2. The molecule has 29 heavy (non-hydrogen) atoms. The highest BCUT2D eigenvalue weighted by atomic mass is 16.6. The molecular formula is C24H24O5. The fraction of sp³-hybridized carbons (Fsp3) is 0.333. The molecule has 1 aliphatic carbocycles. The highest BCUT2D eigenvalue weighted by Crippen LogP contribution is 2.37. The Morgan fingerprint density at radius 2 is 1.83 bits per heavy atom. The van der Waals surface area contributed by atoms with Crippen LogP contribution in [0.4, 0.5) is 0 Å². The van der Waals surface area contributed by atoms with E-state index in [9.17, 15) is 9.59 Å². The lowest BCUT2D eigenvalue weighted by atomic mass is 9.90. The van der Waals surface area contributed by atoms with Gasteiger partial charge in [-0.15, -0.1) is 0 Å². The van der Waals surface area contributed by atoms with Gasteiger partial charge in [0.25, 0.3) is 0 Å². The minimum Gasteiger partial charge on any atom is -0.473 e. The van der Waals surface area contributed by atoms with Gasteiger partial charge < -0.3 is 13.9 Å². The number of esters is 1. The van der Waals surface area contributed by atoms with Crippen LogP contribution in [0, 0.1) is 6.92 Å². The standard InChI is InChI=1S/C24H24O5/c1-3-27-24(26)22(16-9-5-4-6-10-16)28-19-13-15(2)14-20-21(19)17-11-7-8-12-18(17)23(25)29-20/h4-6,9-10,13-14,22H,3,7-8,11-12H2,1-2H3/t22-/m1/s1. The third kappa shape index (κ3) is 3.77. The van der Waals surface area contributed by atoms with Crippen LogP contribution in [-0.2, 0) is 22.4 Å². The predicted molar refractivity (Wildman–Crippen MR) is 110 cm³/mol. The van der Waals surface area contributed by atoms with Crippen LogP contribution in [-0.4, -0.2) is 12.6 Å². The van der Waals surface area contributed by atoms with Gasteiger partial charge in [0, 0.05) is 11.1 Å². The quantitative estimate of drug-likeness (QED) is 0.467. The Morgan fingerprint density at radius 3 is 2.55 bits per heavy atom. The second kappa shape index (κ2) is 8.11. The van der Waals surface area contributed by atoms with E-state index in [1.54, 1.807) is 6.92 Å². The van der Waals surface area contributed by atoms with Crippen molar-refractivity contribution in [2.24, 2.45) is 0 Å². The Bertz CT molecular complexity index is 1100. The van der Waals surface area contributed by atoms with E-state index in [2.05, 4.69) is 0 Å². The number of rotatable bonds is 5. The average Bonchev–Trinajstić information content (AvgIpc) is 2.72. The lowest BCUT2D eigenvalue weighted by molar-refractivity contribution is -0.151. The van der Waals surface area contributed by atoms with Gasteiger partial charge in [0.1, 0.15) is 11.3 Å². The number of carbonyl (C=O) groups excluding carboxylic acids is 1. The zero-order chi connectivity index (χ0) is 20.4. The van der Waals surface area contributed by atoms with Crippen molar-refractivity contribution in [3.05, 3.63) is 75.1 Å². The van der Waals surface area contributed by atoms with Crippen LogP contribution in [0.2, 0.25) is 0 Å². The van der Waals surface area contributed by atoms with Gasteiger partial charge in [0.15, 0.2) is 0 Å². The monoisotopic (exact) mass is 392 g/mol. The van der Waals surface area contributed by atoms with Crippen LogP contribution >= 0.6 is 0 Å². The van der Waals surface area contributed by atoms with Crippen LogP contribution in [0.15, 0.2) is 51.7 Å². The van der Waals surface area contributed by atoms with Crippen LogP contribution in [0.5, 0.6) is 5.75 Å². The molecule has 3 aromatic rings. The molecule has 1 atom stereocenters. The maximum atomic E-state index is 12.7. The number of fused-ring (bicyclic) bond motifs is 3. The van der Waals surface area contributed by atoms with Gasteiger partial charge in [-0.25, -0.2) is 9.59 Å². The van der Waals surface area contributed by atoms with Crippen molar-refractivity contribution in [3.8, 4) is 5.75 Å². The van der Waals surface area contributed by atoms with Crippen LogP contribution in [0.25, 0.3) is 11.0 Å². The van der Waals surface area contributed by atoms with Gasteiger partial charge in [-0.2, -0.15) is 0 Å². The highest BCUT2D eigenvalue weighted by molar-refractivity contribution is 5.89. The summed E-state index contributed by atoms with van der Waals surface area (Å²) >= 11 is 0. The summed E-state index contributed by atoms with van der Waals surface area (Å²) in [6, 6.07) is 13.0. The van der Waals surface area contributed by atoms with E-state index < -0.39 is 12.1 Å². The lowest BCUT2D eigenvalue weighted by Gasteiger charge is -2.22. The SMILES string of the molecule is CCOC(=O)[C@H](Oc1cc(C)cc2oc(=O)c3c(c12)CCCC3)c1ccccc1. The van der Waals surface area contributed by atoms with E-state index >= 15 is 0 Å². The van der Waals surface area contributed by atoms with E-state index in [-0.39, 0.29) is 12.2 Å². The topological polar surface area (TPSA) is 65.7 Å². The van der Waals surface area contributed by atoms with Crippen molar-refractivity contribution in [1.29, 1.82) is 0 Å². The van der Waals surface area contributed by atoms with Crippen molar-refractivity contribution < 1.29 is 18.7 Å². The Labute approximate surface area is 169 Å². The molecule has 0 amide bonds. The van der Waals surface area contributed by atoms with E-state index in [1.165, 1.54) is 0 Å². The lowest BCUT2D eigenvalue weighted by Crippen LogP contribution is -2.22. The average molecular weight is 392 g/mol. The van der Waals surface area contributed by atoms with E-state index in [0.29, 0.717) is 23.3 Å². The summed E-state index contributed by atoms with van der Waals surface area (Å²) in [4.78, 5) is 25.1. The first-order valence-electron chi connectivity index (χ1n) is 10.1. The second-order valence-corrected chi connectivity index (χ2v) is 7.35. The molecule has 0 saturated carbocycles. The third-order valence-corrected chi connectivity index (χ3v) is 5.28. The van der Waals surface area contributed by atoms with E-state index in [4.69, 9.17) is 13.9 Å². The molecule has 0 radical (unpaired) electrons. The number of carbonyl (C=O) groups is 1. The highest BCUT2D eigenvalue weighted by Gasteiger charge is 2.27. The maximum absolute atomic E-state index is 12.7. The van der Waals surface area contributed by atoms with Gasteiger partial charge in [0.05, 0.1) is 12.0 Å². The Balaban J connectivity index is 1.87. The molecule has 0 fully saturated rings. The molecule has 1 aliphatic rings. The molecule has 5 heteroatoms. The molecule has 150 valence electrons. The first-order chi connectivity index (χ1) is 14.1. The Morgan fingerprint density at radius 1 is 1.10 bits per heavy atom. The largest absolute Gasteiger partial charge is 0.473 e. The molecular weight excluding hydrogens is 368 g/mol.